The summed E-state index contributed by atoms with van der Waals surface area (Å²) in [5.74, 6) is 0. The second-order valence-electron chi connectivity index (χ2n) is 3.01. The highest BCUT2D eigenvalue weighted by atomic mass is 32.1. The molecular weight excluding hydrogens is 194 g/mol. The second kappa shape index (κ2) is 4.19. The van der Waals surface area contributed by atoms with Crippen molar-refractivity contribution in [1.29, 1.82) is 0 Å². The molecule has 1 N–H and O–H groups in total. The van der Waals surface area contributed by atoms with Gasteiger partial charge in [0, 0.05) is 24.3 Å². The summed E-state index contributed by atoms with van der Waals surface area (Å²) in [4.78, 5) is 8.36. The number of nitrogens with zero attached hydrogens (tertiary/aromatic N) is 2. The maximum Gasteiger partial charge on any atom is 0.183 e. The zero-order valence-corrected chi connectivity index (χ0v) is 8.71. The van der Waals surface area contributed by atoms with Crippen molar-refractivity contribution in [2.45, 2.75) is 13.5 Å². The van der Waals surface area contributed by atoms with Gasteiger partial charge in [-0.15, -0.1) is 11.3 Å². The zero-order chi connectivity index (χ0) is 9.80. The van der Waals surface area contributed by atoms with Crippen LogP contribution in [-0.4, -0.2) is 9.97 Å². The van der Waals surface area contributed by atoms with Crippen molar-refractivity contribution < 1.29 is 0 Å². The summed E-state index contributed by atoms with van der Waals surface area (Å²) in [6.07, 6.45) is 3.63. The first-order chi connectivity index (χ1) is 6.84. The van der Waals surface area contributed by atoms with Crippen molar-refractivity contribution in [2.24, 2.45) is 0 Å². The Morgan fingerprint density at radius 1 is 1.50 bits per heavy atom. The third-order valence-electron chi connectivity index (χ3n) is 1.79. The number of nitrogens with one attached hydrogen (secondary N) is 1. The van der Waals surface area contributed by atoms with Crippen LogP contribution in [0.5, 0.6) is 0 Å². The molecule has 0 saturated carbocycles. The van der Waals surface area contributed by atoms with Gasteiger partial charge in [-0.2, -0.15) is 0 Å². The number of thiazole rings is 1. The van der Waals surface area contributed by atoms with Gasteiger partial charge < -0.3 is 5.32 Å². The Bertz CT molecular complexity index is 397. The van der Waals surface area contributed by atoms with Crippen LogP contribution in [0.4, 0.5) is 5.13 Å². The van der Waals surface area contributed by atoms with Crippen molar-refractivity contribution in [3.8, 4) is 0 Å². The molecule has 2 aromatic heterocycles. The molecule has 14 heavy (non-hydrogen) atoms. The first-order valence-electron chi connectivity index (χ1n) is 4.39. The van der Waals surface area contributed by atoms with E-state index in [1.165, 1.54) is 5.56 Å². The minimum atomic E-state index is 0.779. The Labute approximate surface area is 86.8 Å². The Hall–Kier alpha value is -1.42. The Kier molecular flexibility index (Phi) is 2.74. The Balaban J connectivity index is 1.95. The van der Waals surface area contributed by atoms with E-state index < -0.39 is 0 Å². The van der Waals surface area contributed by atoms with E-state index in [4.69, 9.17) is 0 Å². The molecule has 0 radical (unpaired) electrons. The van der Waals surface area contributed by atoms with Gasteiger partial charge in [0.15, 0.2) is 5.13 Å². The molecule has 0 saturated heterocycles. The average molecular weight is 205 g/mol. The highest BCUT2D eigenvalue weighted by Gasteiger charge is 1.97. The lowest BCUT2D eigenvalue weighted by molar-refractivity contribution is 1.09. The van der Waals surface area contributed by atoms with E-state index in [9.17, 15) is 0 Å². The summed E-state index contributed by atoms with van der Waals surface area (Å²) in [7, 11) is 0. The van der Waals surface area contributed by atoms with E-state index in [-0.39, 0.29) is 0 Å². The fourth-order valence-electron chi connectivity index (χ4n) is 1.12. The average Bonchev–Trinajstić information content (AvgIpc) is 2.63. The van der Waals surface area contributed by atoms with Gasteiger partial charge >= 0.3 is 0 Å². The van der Waals surface area contributed by atoms with Gasteiger partial charge in [-0.05, 0) is 18.6 Å². The van der Waals surface area contributed by atoms with Crippen LogP contribution in [0.1, 0.15) is 11.3 Å². The maximum atomic E-state index is 4.31. The van der Waals surface area contributed by atoms with Crippen molar-refractivity contribution in [1.82, 2.24) is 9.97 Å². The molecule has 72 valence electrons. The normalized spacial score (nSPS) is 10.1. The number of aromatic nitrogens is 2. The smallest absolute Gasteiger partial charge is 0.183 e. The molecular formula is C10H11N3S. The molecule has 4 heteroatoms. The minimum Gasteiger partial charge on any atom is -0.357 e. The van der Waals surface area contributed by atoms with E-state index in [2.05, 4.69) is 15.3 Å². The summed E-state index contributed by atoms with van der Waals surface area (Å²) in [6.45, 7) is 2.77. The Morgan fingerprint density at radius 2 is 2.43 bits per heavy atom. The topological polar surface area (TPSA) is 37.8 Å². The summed E-state index contributed by atoms with van der Waals surface area (Å²) >= 11 is 1.63. The van der Waals surface area contributed by atoms with E-state index in [1.54, 1.807) is 17.5 Å². The number of rotatable bonds is 3. The summed E-state index contributed by atoms with van der Waals surface area (Å²) in [6, 6.07) is 3.98. The zero-order valence-electron chi connectivity index (χ0n) is 7.90. The van der Waals surface area contributed by atoms with Crippen LogP contribution in [0, 0.1) is 6.92 Å². The number of hydrogen-bond acceptors (Lipinski definition) is 4. The summed E-state index contributed by atoms with van der Waals surface area (Å²) < 4.78 is 0. The molecule has 0 atom stereocenters. The third-order valence-corrected chi connectivity index (χ3v) is 2.70. The van der Waals surface area contributed by atoms with Gasteiger partial charge in [0.1, 0.15) is 0 Å². The highest BCUT2D eigenvalue weighted by Crippen LogP contribution is 2.15. The SMILES string of the molecule is Cc1csc(NCc2cccnc2)n1. The lowest BCUT2D eigenvalue weighted by atomic mass is 10.3. The predicted molar refractivity (Wildman–Crippen MR) is 58.4 cm³/mol. The minimum absolute atomic E-state index is 0.779. The van der Waals surface area contributed by atoms with Gasteiger partial charge in [0.05, 0.1) is 5.69 Å². The first kappa shape index (κ1) is 9.15. The summed E-state index contributed by atoms with van der Waals surface area (Å²) in [5, 5.41) is 6.25. The van der Waals surface area contributed by atoms with E-state index >= 15 is 0 Å². The van der Waals surface area contributed by atoms with Crippen LogP contribution in [0.2, 0.25) is 0 Å². The van der Waals surface area contributed by atoms with Crippen LogP contribution in [-0.2, 0) is 6.54 Å². The van der Waals surface area contributed by atoms with E-state index in [0.717, 1.165) is 17.4 Å². The van der Waals surface area contributed by atoms with Crippen molar-refractivity contribution >= 4 is 16.5 Å². The fourth-order valence-corrected chi connectivity index (χ4v) is 1.80. The van der Waals surface area contributed by atoms with E-state index in [0.29, 0.717) is 0 Å². The molecule has 0 aliphatic carbocycles. The molecule has 0 amide bonds. The predicted octanol–water partition coefficient (Wildman–Crippen LogP) is 2.46. The van der Waals surface area contributed by atoms with Gasteiger partial charge in [-0.1, -0.05) is 6.07 Å². The van der Waals surface area contributed by atoms with Gasteiger partial charge in [0.25, 0.3) is 0 Å². The molecule has 2 aromatic rings. The number of pyridine rings is 1. The van der Waals surface area contributed by atoms with Crippen LogP contribution in [0.3, 0.4) is 0 Å². The third kappa shape index (κ3) is 2.29. The van der Waals surface area contributed by atoms with E-state index in [1.807, 2.05) is 30.6 Å². The van der Waals surface area contributed by atoms with Crippen LogP contribution >= 0.6 is 11.3 Å². The van der Waals surface area contributed by atoms with Gasteiger partial charge in [-0.3, -0.25) is 4.98 Å². The van der Waals surface area contributed by atoms with Gasteiger partial charge in [0.2, 0.25) is 0 Å². The molecule has 0 aromatic carbocycles. The summed E-state index contributed by atoms with van der Waals surface area (Å²) in [5.41, 5.74) is 2.23. The molecule has 3 nitrogen and oxygen atoms in total. The van der Waals surface area contributed by atoms with Crippen molar-refractivity contribution in [3.63, 3.8) is 0 Å². The Morgan fingerprint density at radius 3 is 3.07 bits per heavy atom. The molecule has 0 bridgehead atoms. The molecule has 0 fully saturated rings. The lowest BCUT2D eigenvalue weighted by Gasteiger charge is -2.00. The number of aryl methyl sites for hydroxylation is 1. The van der Waals surface area contributed by atoms with Crippen molar-refractivity contribution in [3.05, 3.63) is 41.2 Å². The van der Waals surface area contributed by atoms with Gasteiger partial charge in [-0.25, -0.2) is 4.98 Å². The molecule has 0 aliphatic heterocycles. The second-order valence-corrected chi connectivity index (χ2v) is 3.87. The standard InChI is InChI=1S/C10H11N3S/c1-8-7-14-10(13-8)12-6-9-3-2-4-11-5-9/h2-5,7H,6H2,1H3,(H,12,13). The fraction of sp³-hybridized carbons (Fsp3) is 0.200. The van der Waals surface area contributed by atoms with Crippen LogP contribution < -0.4 is 5.32 Å². The molecule has 0 unspecified atom stereocenters. The molecule has 2 rings (SSSR count). The molecule has 0 aliphatic rings. The largest absolute Gasteiger partial charge is 0.357 e. The maximum absolute atomic E-state index is 4.31. The molecule has 0 spiro atoms. The van der Waals surface area contributed by atoms with Crippen LogP contribution in [0.15, 0.2) is 29.9 Å². The highest BCUT2D eigenvalue weighted by molar-refractivity contribution is 7.13. The quantitative estimate of drug-likeness (QED) is 0.836. The number of hydrogen-bond donors (Lipinski definition) is 1. The number of anilines is 1. The monoisotopic (exact) mass is 205 g/mol. The molecule has 2 heterocycles. The van der Waals surface area contributed by atoms with Crippen molar-refractivity contribution in [2.75, 3.05) is 5.32 Å². The lowest BCUT2D eigenvalue weighted by Crippen LogP contribution is -1.98. The van der Waals surface area contributed by atoms with Crippen LogP contribution in [0.25, 0.3) is 0 Å². The first-order valence-corrected chi connectivity index (χ1v) is 5.27.